The van der Waals surface area contributed by atoms with Gasteiger partial charge in [-0.1, -0.05) is 18.2 Å². The Bertz CT molecular complexity index is 527. The van der Waals surface area contributed by atoms with Crippen molar-refractivity contribution in [2.24, 2.45) is 4.99 Å². The van der Waals surface area contributed by atoms with Gasteiger partial charge in [-0.05, 0) is 51.7 Å². The number of aliphatic imine (C=N–C) groups is 1. The van der Waals surface area contributed by atoms with E-state index in [2.05, 4.69) is 63.6 Å². The standard InChI is InChI=1S/C19H31N5/c1-4-6-7-12-21-19(20-5-2)23-17-10-13-24(14-11-17)18-9-8-16(3)15-22-18/h4,6,8-9,15,17H,5,7,10-14H2,1-3H3,(H2,20,21,23). The van der Waals surface area contributed by atoms with Crippen LogP contribution in [0.5, 0.6) is 0 Å². The van der Waals surface area contributed by atoms with Crippen LogP contribution in [0.2, 0.25) is 0 Å². The summed E-state index contributed by atoms with van der Waals surface area (Å²) in [4.78, 5) is 11.6. The van der Waals surface area contributed by atoms with Crippen LogP contribution < -0.4 is 15.5 Å². The quantitative estimate of drug-likeness (QED) is 0.365. The molecule has 0 unspecified atom stereocenters. The second-order valence-corrected chi connectivity index (χ2v) is 6.22. The second kappa shape index (κ2) is 9.96. The Morgan fingerprint density at radius 1 is 1.38 bits per heavy atom. The number of allylic oxidation sites excluding steroid dienone is 1. The molecule has 1 aliphatic rings. The Labute approximate surface area is 146 Å². The summed E-state index contributed by atoms with van der Waals surface area (Å²) in [6.07, 6.45) is 9.37. The molecule has 5 nitrogen and oxygen atoms in total. The smallest absolute Gasteiger partial charge is 0.191 e. The van der Waals surface area contributed by atoms with Gasteiger partial charge in [0.1, 0.15) is 5.82 Å². The molecule has 1 aromatic heterocycles. The van der Waals surface area contributed by atoms with Crippen LogP contribution in [0.1, 0.15) is 38.7 Å². The summed E-state index contributed by atoms with van der Waals surface area (Å²) >= 11 is 0. The first-order chi connectivity index (χ1) is 11.7. The first kappa shape index (κ1) is 18.3. The summed E-state index contributed by atoms with van der Waals surface area (Å²) in [5.41, 5.74) is 1.21. The lowest BCUT2D eigenvalue weighted by molar-refractivity contribution is 0.459. The molecule has 1 aliphatic heterocycles. The maximum absolute atomic E-state index is 4.65. The number of nitrogens with zero attached hydrogens (tertiary/aromatic N) is 3. The monoisotopic (exact) mass is 329 g/mol. The van der Waals surface area contributed by atoms with Gasteiger partial charge in [0.05, 0.1) is 0 Å². The van der Waals surface area contributed by atoms with Crippen LogP contribution in [-0.4, -0.2) is 43.2 Å². The van der Waals surface area contributed by atoms with E-state index in [1.54, 1.807) is 0 Å². The van der Waals surface area contributed by atoms with Crippen molar-refractivity contribution in [2.75, 3.05) is 31.1 Å². The number of anilines is 1. The molecular weight excluding hydrogens is 298 g/mol. The minimum Gasteiger partial charge on any atom is -0.357 e. The van der Waals surface area contributed by atoms with Crippen LogP contribution in [0.3, 0.4) is 0 Å². The Morgan fingerprint density at radius 3 is 2.79 bits per heavy atom. The number of pyridine rings is 1. The normalized spacial score (nSPS) is 16.6. The van der Waals surface area contributed by atoms with Crippen LogP contribution in [-0.2, 0) is 0 Å². The molecule has 2 N–H and O–H groups in total. The first-order valence-electron chi connectivity index (χ1n) is 9.06. The number of nitrogens with one attached hydrogen (secondary N) is 2. The zero-order chi connectivity index (χ0) is 17.2. The summed E-state index contributed by atoms with van der Waals surface area (Å²) in [5, 5.41) is 6.93. The van der Waals surface area contributed by atoms with Crippen molar-refractivity contribution in [1.82, 2.24) is 15.6 Å². The van der Waals surface area contributed by atoms with E-state index in [0.717, 1.165) is 57.2 Å². The van der Waals surface area contributed by atoms with Crippen molar-refractivity contribution in [3.05, 3.63) is 36.0 Å². The van der Waals surface area contributed by atoms with Crippen LogP contribution >= 0.6 is 0 Å². The Morgan fingerprint density at radius 2 is 2.17 bits per heavy atom. The van der Waals surface area contributed by atoms with E-state index in [9.17, 15) is 0 Å². The summed E-state index contributed by atoms with van der Waals surface area (Å²) in [7, 11) is 0. The third kappa shape index (κ3) is 5.87. The third-order valence-corrected chi connectivity index (χ3v) is 4.20. The lowest BCUT2D eigenvalue weighted by atomic mass is 10.1. The van der Waals surface area contributed by atoms with Gasteiger partial charge < -0.3 is 15.5 Å². The molecule has 0 bridgehead atoms. The second-order valence-electron chi connectivity index (χ2n) is 6.22. The number of aryl methyl sites for hydroxylation is 1. The van der Waals surface area contributed by atoms with Crippen molar-refractivity contribution in [3.63, 3.8) is 0 Å². The summed E-state index contributed by atoms with van der Waals surface area (Å²) < 4.78 is 0. The summed E-state index contributed by atoms with van der Waals surface area (Å²) in [6.45, 7) is 10.0. The molecule has 1 aromatic rings. The number of hydrogen-bond donors (Lipinski definition) is 2. The highest BCUT2D eigenvalue weighted by molar-refractivity contribution is 5.80. The van der Waals surface area contributed by atoms with Crippen molar-refractivity contribution < 1.29 is 0 Å². The minimum atomic E-state index is 0.478. The molecule has 132 valence electrons. The highest BCUT2D eigenvalue weighted by Gasteiger charge is 2.20. The summed E-state index contributed by atoms with van der Waals surface area (Å²) in [6, 6.07) is 4.73. The summed E-state index contributed by atoms with van der Waals surface area (Å²) in [5.74, 6) is 2.03. The largest absolute Gasteiger partial charge is 0.357 e. The first-order valence-corrected chi connectivity index (χ1v) is 9.06. The van der Waals surface area contributed by atoms with Crippen LogP contribution in [0, 0.1) is 6.92 Å². The fourth-order valence-corrected chi connectivity index (χ4v) is 2.83. The number of piperidine rings is 1. The van der Waals surface area contributed by atoms with E-state index >= 15 is 0 Å². The molecular formula is C19H31N5. The molecule has 0 atom stereocenters. The Balaban J connectivity index is 1.82. The van der Waals surface area contributed by atoms with Gasteiger partial charge in [-0.15, -0.1) is 0 Å². The molecule has 2 rings (SSSR count). The predicted octanol–water partition coefficient (Wildman–Crippen LogP) is 2.88. The molecule has 1 fully saturated rings. The van der Waals surface area contributed by atoms with Crippen LogP contribution in [0.25, 0.3) is 0 Å². The van der Waals surface area contributed by atoms with Gasteiger partial charge in [0.25, 0.3) is 0 Å². The van der Waals surface area contributed by atoms with Gasteiger partial charge in [0.2, 0.25) is 0 Å². The van der Waals surface area contributed by atoms with Gasteiger partial charge in [0, 0.05) is 38.4 Å². The molecule has 0 amide bonds. The van der Waals surface area contributed by atoms with E-state index in [1.807, 2.05) is 13.1 Å². The van der Waals surface area contributed by atoms with E-state index < -0.39 is 0 Å². The molecule has 0 radical (unpaired) electrons. The van der Waals surface area contributed by atoms with E-state index in [1.165, 1.54) is 5.56 Å². The zero-order valence-electron chi connectivity index (χ0n) is 15.3. The van der Waals surface area contributed by atoms with Crippen molar-refractivity contribution >= 4 is 11.8 Å². The number of aromatic nitrogens is 1. The molecule has 0 saturated carbocycles. The maximum atomic E-state index is 4.65. The van der Waals surface area contributed by atoms with Gasteiger partial charge in [-0.2, -0.15) is 0 Å². The topological polar surface area (TPSA) is 52.6 Å². The fourth-order valence-electron chi connectivity index (χ4n) is 2.83. The van der Waals surface area contributed by atoms with Crippen LogP contribution in [0.15, 0.2) is 35.5 Å². The third-order valence-electron chi connectivity index (χ3n) is 4.20. The molecule has 0 spiro atoms. The predicted molar refractivity (Wildman–Crippen MR) is 103 cm³/mol. The SMILES string of the molecule is CC=CCCN=C(NCC)NC1CCN(c2ccc(C)cn2)CC1. The van der Waals surface area contributed by atoms with Gasteiger partial charge >= 0.3 is 0 Å². The maximum Gasteiger partial charge on any atom is 0.191 e. The molecule has 24 heavy (non-hydrogen) atoms. The number of hydrogen-bond acceptors (Lipinski definition) is 3. The van der Waals surface area contributed by atoms with Gasteiger partial charge in [-0.3, -0.25) is 4.99 Å². The van der Waals surface area contributed by atoms with Crippen molar-refractivity contribution in [1.29, 1.82) is 0 Å². The van der Waals surface area contributed by atoms with E-state index in [4.69, 9.17) is 0 Å². The Hall–Kier alpha value is -2.04. The van der Waals surface area contributed by atoms with Crippen LogP contribution in [0.4, 0.5) is 5.82 Å². The fraction of sp³-hybridized carbons (Fsp3) is 0.579. The van der Waals surface area contributed by atoms with Crippen molar-refractivity contribution in [2.45, 2.75) is 46.1 Å². The number of rotatable bonds is 6. The van der Waals surface area contributed by atoms with Gasteiger partial charge in [0.15, 0.2) is 5.96 Å². The molecule has 0 aromatic carbocycles. The molecule has 0 aliphatic carbocycles. The lowest BCUT2D eigenvalue weighted by Gasteiger charge is -2.33. The molecule has 5 heteroatoms. The highest BCUT2D eigenvalue weighted by atomic mass is 15.2. The van der Waals surface area contributed by atoms with E-state index in [-0.39, 0.29) is 0 Å². The highest BCUT2D eigenvalue weighted by Crippen LogP contribution is 2.17. The zero-order valence-corrected chi connectivity index (χ0v) is 15.3. The molecule has 1 saturated heterocycles. The van der Waals surface area contributed by atoms with Gasteiger partial charge in [-0.25, -0.2) is 4.98 Å². The Kier molecular flexibility index (Phi) is 7.59. The van der Waals surface area contributed by atoms with E-state index in [0.29, 0.717) is 6.04 Å². The van der Waals surface area contributed by atoms with Crippen molar-refractivity contribution in [3.8, 4) is 0 Å². The lowest BCUT2D eigenvalue weighted by Crippen LogP contribution is -2.49. The average molecular weight is 329 g/mol. The average Bonchev–Trinajstić information content (AvgIpc) is 2.60. The minimum absolute atomic E-state index is 0.478. The molecule has 2 heterocycles. The number of guanidine groups is 1.